The van der Waals surface area contributed by atoms with Crippen molar-refractivity contribution in [1.82, 2.24) is 15.3 Å². The topological polar surface area (TPSA) is 66.9 Å². The highest BCUT2D eigenvalue weighted by Gasteiger charge is 2.26. The van der Waals surface area contributed by atoms with Crippen molar-refractivity contribution in [2.75, 3.05) is 5.32 Å². The molecule has 0 unspecified atom stereocenters. The predicted molar refractivity (Wildman–Crippen MR) is 85.6 cm³/mol. The van der Waals surface area contributed by atoms with E-state index >= 15 is 0 Å². The highest BCUT2D eigenvalue weighted by Crippen LogP contribution is 2.29. The summed E-state index contributed by atoms with van der Waals surface area (Å²) < 4.78 is 13.0. The summed E-state index contributed by atoms with van der Waals surface area (Å²) in [6.07, 6.45) is 1.20. The van der Waals surface area contributed by atoms with Gasteiger partial charge in [0, 0.05) is 17.1 Å². The minimum Gasteiger partial charge on any atom is -0.344 e. The van der Waals surface area contributed by atoms with Crippen molar-refractivity contribution < 1.29 is 9.18 Å². The van der Waals surface area contributed by atoms with E-state index in [0.717, 1.165) is 10.6 Å². The first kappa shape index (κ1) is 13.8. The molecule has 0 saturated carbocycles. The summed E-state index contributed by atoms with van der Waals surface area (Å²) in [4.78, 5) is 20.8. The van der Waals surface area contributed by atoms with Gasteiger partial charge in [0.15, 0.2) is 0 Å². The van der Waals surface area contributed by atoms with Crippen LogP contribution in [0.3, 0.4) is 0 Å². The number of halogens is 1. The Morgan fingerprint density at radius 3 is 2.78 bits per heavy atom. The summed E-state index contributed by atoms with van der Waals surface area (Å²) in [5.74, 6) is 0.0696. The van der Waals surface area contributed by atoms with Crippen LogP contribution in [0.15, 0.2) is 48.0 Å². The molecule has 0 fully saturated rings. The summed E-state index contributed by atoms with van der Waals surface area (Å²) in [6, 6.07) is 9.60. The van der Waals surface area contributed by atoms with Crippen LogP contribution in [0.4, 0.5) is 10.2 Å². The number of nitrogens with one attached hydrogen (secondary N) is 2. The standard InChI is InChI=1S/C16H11FN4OS/c17-10-5-3-9(4-6-10)16-19-12(8-23-16)14-20-13-11(15(22)21-14)2-1-7-18-13/h1-8,14H,(H,18,20)(H,21,22)/t14-/m0/s1. The number of rotatable bonds is 2. The number of carbonyl (C=O) groups excluding carboxylic acids is 1. The van der Waals surface area contributed by atoms with Gasteiger partial charge in [0.05, 0.1) is 11.3 Å². The van der Waals surface area contributed by atoms with E-state index in [4.69, 9.17) is 0 Å². The number of aromatic nitrogens is 2. The Morgan fingerprint density at radius 1 is 1.13 bits per heavy atom. The number of amides is 1. The largest absolute Gasteiger partial charge is 0.344 e. The van der Waals surface area contributed by atoms with Crippen molar-refractivity contribution in [2.24, 2.45) is 0 Å². The van der Waals surface area contributed by atoms with Gasteiger partial charge in [0.2, 0.25) is 0 Å². The highest BCUT2D eigenvalue weighted by atomic mass is 32.1. The quantitative estimate of drug-likeness (QED) is 0.759. The fraction of sp³-hybridized carbons (Fsp3) is 0.0625. The van der Waals surface area contributed by atoms with Crippen molar-refractivity contribution in [3.05, 3.63) is 65.0 Å². The van der Waals surface area contributed by atoms with E-state index in [1.54, 1.807) is 30.5 Å². The van der Waals surface area contributed by atoms with Crippen LogP contribution in [0.5, 0.6) is 0 Å². The third-order valence-corrected chi connectivity index (χ3v) is 4.43. The van der Waals surface area contributed by atoms with Gasteiger partial charge in [-0.05, 0) is 36.4 Å². The van der Waals surface area contributed by atoms with Crippen molar-refractivity contribution in [3.8, 4) is 10.6 Å². The van der Waals surface area contributed by atoms with Gasteiger partial charge < -0.3 is 10.6 Å². The van der Waals surface area contributed by atoms with Crippen LogP contribution >= 0.6 is 11.3 Å². The van der Waals surface area contributed by atoms with Gasteiger partial charge in [-0.1, -0.05) is 0 Å². The number of hydrogen-bond acceptors (Lipinski definition) is 5. The van der Waals surface area contributed by atoms with Crippen molar-refractivity contribution in [3.63, 3.8) is 0 Å². The minimum atomic E-state index is -0.435. The SMILES string of the molecule is O=C1N[C@@H](c2csc(-c3ccc(F)cc3)n2)Nc2ncccc21. The molecule has 2 aromatic heterocycles. The first-order valence-electron chi connectivity index (χ1n) is 6.94. The summed E-state index contributed by atoms with van der Waals surface area (Å²) >= 11 is 1.44. The van der Waals surface area contributed by atoms with Crippen molar-refractivity contribution >= 4 is 23.1 Å². The molecule has 0 spiro atoms. The molecule has 0 radical (unpaired) electrons. The van der Waals surface area contributed by atoms with Gasteiger partial charge in [0.25, 0.3) is 5.91 Å². The molecular formula is C16H11FN4OS. The zero-order chi connectivity index (χ0) is 15.8. The van der Waals surface area contributed by atoms with Crippen LogP contribution in [0.25, 0.3) is 10.6 Å². The Hall–Kier alpha value is -2.80. The van der Waals surface area contributed by atoms with Gasteiger partial charge in [-0.15, -0.1) is 11.3 Å². The maximum absolute atomic E-state index is 13.0. The smallest absolute Gasteiger partial charge is 0.256 e. The highest BCUT2D eigenvalue weighted by molar-refractivity contribution is 7.13. The van der Waals surface area contributed by atoms with Crippen LogP contribution in [-0.4, -0.2) is 15.9 Å². The Kier molecular flexibility index (Phi) is 3.27. The lowest BCUT2D eigenvalue weighted by atomic mass is 10.1. The molecule has 2 N–H and O–H groups in total. The average molecular weight is 326 g/mol. The van der Waals surface area contributed by atoms with Crippen LogP contribution in [0.1, 0.15) is 22.2 Å². The summed E-state index contributed by atoms with van der Waals surface area (Å²) in [7, 11) is 0. The van der Waals surface area contributed by atoms with Gasteiger partial charge in [-0.3, -0.25) is 4.79 Å². The first-order chi connectivity index (χ1) is 11.2. The second-order valence-electron chi connectivity index (χ2n) is 5.03. The second kappa shape index (κ2) is 5.44. The Bertz CT molecular complexity index is 878. The summed E-state index contributed by atoms with van der Waals surface area (Å²) in [6.45, 7) is 0. The van der Waals surface area contributed by atoms with Crippen molar-refractivity contribution in [1.29, 1.82) is 0 Å². The number of hydrogen-bond donors (Lipinski definition) is 2. The van der Waals surface area contributed by atoms with Crippen LogP contribution < -0.4 is 10.6 Å². The van der Waals surface area contributed by atoms with E-state index in [1.165, 1.54) is 23.5 Å². The van der Waals surface area contributed by atoms with Gasteiger partial charge in [0.1, 0.15) is 22.8 Å². The number of thiazole rings is 1. The Labute approximate surface area is 135 Å². The van der Waals surface area contributed by atoms with E-state index in [0.29, 0.717) is 17.1 Å². The lowest BCUT2D eigenvalue weighted by Crippen LogP contribution is -2.39. The molecule has 1 aliphatic heterocycles. The van der Waals surface area contributed by atoms with Crippen LogP contribution in [-0.2, 0) is 0 Å². The fourth-order valence-corrected chi connectivity index (χ4v) is 3.23. The van der Waals surface area contributed by atoms with Gasteiger partial charge >= 0.3 is 0 Å². The molecule has 3 aromatic rings. The molecule has 5 nitrogen and oxygen atoms in total. The van der Waals surface area contributed by atoms with E-state index in [2.05, 4.69) is 20.6 Å². The van der Waals surface area contributed by atoms with Crippen LogP contribution in [0.2, 0.25) is 0 Å². The molecule has 1 atom stereocenters. The van der Waals surface area contributed by atoms with Gasteiger partial charge in [-0.2, -0.15) is 0 Å². The number of nitrogens with zero attached hydrogens (tertiary/aromatic N) is 2. The Morgan fingerprint density at radius 2 is 1.96 bits per heavy atom. The fourth-order valence-electron chi connectivity index (χ4n) is 2.38. The number of benzene rings is 1. The van der Waals surface area contributed by atoms with E-state index < -0.39 is 6.17 Å². The molecule has 0 saturated heterocycles. The van der Waals surface area contributed by atoms with Crippen molar-refractivity contribution in [2.45, 2.75) is 6.17 Å². The molecule has 1 aliphatic rings. The third-order valence-electron chi connectivity index (χ3n) is 3.52. The maximum atomic E-state index is 13.0. The predicted octanol–water partition coefficient (Wildman–Crippen LogP) is 3.20. The maximum Gasteiger partial charge on any atom is 0.256 e. The molecule has 7 heteroatoms. The molecular weight excluding hydrogens is 315 g/mol. The third kappa shape index (κ3) is 2.55. The molecule has 0 bridgehead atoms. The minimum absolute atomic E-state index is 0.187. The number of pyridine rings is 1. The lowest BCUT2D eigenvalue weighted by Gasteiger charge is -2.25. The van der Waals surface area contributed by atoms with Crippen LogP contribution in [0, 0.1) is 5.82 Å². The second-order valence-corrected chi connectivity index (χ2v) is 5.89. The summed E-state index contributed by atoms with van der Waals surface area (Å²) in [5.41, 5.74) is 2.04. The normalized spacial score (nSPS) is 16.4. The zero-order valence-corrected chi connectivity index (χ0v) is 12.6. The molecule has 3 heterocycles. The number of anilines is 1. The lowest BCUT2D eigenvalue weighted by molar-refractivity contribution is 0.0934. The molecule has 23 heavy (non-hydrogen) atoms. The first-order valence-corrected chi connectivity index (χ1v) is 7.82. The molecule has 0 aliphatic carbocycles. The van der Waals surface area contributed by atoms with E-state index in [1.807, 2.05) is 5.38 Å². The number of carbonyl (C=O) groups is 1. The molecule has 114 valence electrons. The Balaban J connectivity index is 1.63. The number of fused-ring (bicyclic) bond motifs is 1. The zero-order valence-electron chi connectivity index (χ0n) is 11.8. The molecule has 4 rings (SSSR count). The van der Waals surface area contributed by atoms with E-state index in [-0.39, 0.29) is 11.7 Å². The van der Waals surface area contributed by atoms with Gasteiger partial charge in [-0.25, -0.2) is 14.4 Å². The molecule has 1 amide bonds. The van der Waals surface area contributed by atoms with E-state index in [9.17, 15) is 9.18 Å². The monoisotopic (exact) mass is 326 g/mol. The molecule has 1 aromatic carbocycles. The average Bonchev–Trinajstić information content (AvgIpc) is 3.05. The summed E-state index contributed by atoms with van der Waals surface area (Å²) in [5, 5.41) is 8.65.